The van der Waals surface area contributed by atoms with Gasteiger partial charge in [0.2, 0.25) is 0 Å². The van der Waals surface area contributed by atoms with Crippen molar-refractivity contribution >= 4 is 5.97 Å². The summed E-state index contributed by atoms with van der Waals surface area (Å²) in [6.45, 7) is 1.63. The van der Waals surface area contributed by atoms with Crippen LogP contribution in [0.2, 0.25) is 0 Å². The van der Waals surface area contributed by atoms with Crippen LogP contribution < -0.4 is 0 Å². The summed E-state index contributed by atoms with van der Waals surface area (Å²) in [6, 6.07) is 6.78. The fourth-order valence-corrected chi connectivity index (χ4v) is 1.82. The molecule has 1 aromatic carbocycles. The number of aromatic carboxylic acids is 1. The normalized spacial score (nSPS) is 11.4. The molecule has 0 unspecified atom stereocenters. The first-order valence-electron chi connectivity index (χ1n) is 5.66. The molecular weight excluding hydrogens is 271 g/mol. The van der Waals surface area contributed by atoms with Crippen LogP contribution in [0.4, 0.5) is 13.2 Å². The lowest BCUT2D eigenvalue weighted by Crippen LogP contribution is -2.07. The molecule has 2 rings (SSSR count). The zero-order chi connectivity index (χ0) is 14.9. The van der Waals surface area contributed by atoms with Crippen LogP contribution in [0.5, 0.6) is 0 Å². The molecule has 6 heteroatoms. The third kappa shape index (κ3) is 2.79. The maximum atomic E-state index is 12.4. The van der Waals surface area contributed by atoms with Gasteiger partial charge in [0.05, 0.1) is 5.56 Å². The second-order valence-corrected chi connectivity index (χ2v) is 4.26. The van der Waals surface area contributed by atoms with Gasteiger partial charge in [0.25, 0.3) is 0 Å². The lowest BCUT2D eigenvalue weighted by Gasteiger charge is -2.08. The van der Waals surface area contributed by atoms with Crippen LogP contribution in [0.25, 0.3) is 11.1 Å². The van der Waals surface area contributed by atoms with Crippen LogP contribution >= 0.6 is 0 Å². The number of aromatic nitrogens is 1. The molecule has 20 heavy (non-hydrogen) atoms. The first-order valence-corrected chi connectivity index (χ1v) is 5.66. The van der Waals surface area contributed by atoms with Gasteiger partial charge in [-0.25, -0.2) is 4.79 Å². The van der Waals surface area contributed by atoms with E-state index in [9.17, 15) is 18.0 Å². The summed E-state index contributed by atoms with van der Waals surface area (Å²) in [5.74, 6) is -1.04. The van der Waals surface area contributed by atoms with Crippen molar-refractivity contribution in [1.82, 2.24) is 4.98 Å². The van der Waals surface area contributed by atoms with Gasteiger partial charge in [-0.2, -0.15) is 13.2 Å². The SMILES string of the molecule is Cc1cc(-c2ccc(C(F)(F)F)nc2)ccc1C(=O)O. The number of pyridine rings is 1. The van der Waals surface area contributed by atoms with Gasteiger partial charge in [0, 0.05) is 11.8 Å². The Bertz CT molecular complexity index is 648. The summed E-state index contributed by atoms with van der Waals surface area (Å²) < 4.78 is 37.2. The van der Waals surface area contributed by atoms with Crippen LogP contribution in [0, 0.1) is 6.92 Å². The number of benzene rings is 1. The fraction of sp³-hybridized carbons (Fsp3) is 0.143. The van der Waals surface area contributed by atoms with Crippen molar-refractivity contribution in [2.24, 2.45) is 0 Å². The maximum Gasteiger partial charge on any atom is 0.433 e. The number of hydrogen-bond donors (Lipinski definition) is 1. The van der Waals surface area contributed by atoms with E-state index in [-0.39, 0.29) is 5.56 Å². The monoisotopic (exact) mass is 281 g/mol. The Labute approximate surface area is 112 Å². The summed E-state index contributed by atoms with van der Waals surface area (Å²) in [7, 11) is 0. The third-order valence-corrected chi connectivity index (χ3v) is 2.84. The average Bonchev–Trinajstić information content (AvgIpc) is 2.37. The summed E-state index contributed by atoms with van der Waals surface area (Å²) in [5.41, 5.74) is 0.857. The lowest BCUT2D eigenvalue weighted by molar-refractivity contribution is -0.141. The lowest BCUT2D eigenvalue weighted by atomic mass is 10.0. The molecule has 0 radical (unpaired) electrons. The van der Waals surface area contributed by atoms with Crippen molar-refractivity contribution in [2.75, 3.05) is 0 Å². The van der Waals surface area contributed by atoms with Gasteiger partial charge in [-0.05, 0) is 30.2 Å². The molecule has 0 bridgehead atoms. The molecule has 0 spiro atoms. The second kappa shape index (κ2) is 4.96. The van der Waals surface area contributed by atoms with Crippen molar-refractivity contribution < 1.29 is 23.1 Å². The van der Waals surface area contributed by atoms with Gasteiger partial charge >= 0.3 is 12.1 Å². The highest BCUT2D eigenvalue weighted by Crippen LogP contribution is 2.29. The minimum atomic E-state index is -4.47. The smallest absolute Gasteiger partial charge is 0.433 e. The number of nitrogens with zero attached hydrogens (tertiary/aromatic N) is 1. The molecule has 0 atom stereocenters. The Morgan fingerprint density at radius 1 is 1.15 bits per heavy atom. The van der Waals surface area contributed by atoms with E-state index in [1.807, 2.05) is 0 Å². The molecule has 0 amide bonds. The van der Waals surface area contributed by atoms with Crippen LogP contribution in [0.15, 0.2) is 36.5 Å². The molecule has 104 valence electrons. The number of alkyl halides is 3. The molecule has 0 aliphatic rings. The minimum Gasteiger partial charge on any atom is -0.478 e. The molecule has 0 aliphatic carbocycles. The van der Waals surface area contributed by atoms with Crippen molar-refractivity contribution in [3.63, 3.8) is 0 Å². The Morgan fingerprint density at radius 3 is 2.25 bits per heavy atom. The van der Waals surface area contributed by atoms with Gasteiger partial charge in [-0.15, -0.1) is 0 Å². The van der Waals surface area contributed by atoms with E-state index in [1.54, 1.807) is 19.1 Å². The largest absolute Gasteiger partial charge is 0.478 e. The quantitative estimate of drug-likeness (QED) is 0.911. The summed E-state index contributed by atoms with van der Waals surface area (Å²) in [5, 5.41) is 8.92. The van der Waals surface area contributed by atoms with Gasteiger partial charge in [0.1, 0.15) is 5.69 Å². The predicted molar refractivity (Wildman–Crippen MR) is 66.4 cm³/mol. The third-order valence-electron chi connectivity index (χ3n) is 2.84. The zero-order valence-corrected chi connectivity index (χ0v) is 10.4. The van der Waals surface area contributed by atoms with Gasteiger partial charge < -0.3 is 5.11 Å². The van der Waals surface area contributed by atoms with Crippen LogP contribution in [-0.4, -0.2) is 16.1 Å². The molecule has 1 heterocycles. The van der Waals surface area contributed by atoms with E-state index >= 15 is 0 Å². The maximum absolute atomic E-state index is 12.4. The summed E-state index contributed by atoms with van der Waals surface area (Å²) in [6.07, 6.45) is -3.35. The number of halogens is 3. The molecule has 3 nitrogen and oxygen atoms in total. The Balaban J connectivity index is 2.37. The second-order valence-electron chi connectivity index (χ2n) is 4.26. The topological polar surface area (TPSA) is 50.2 Å². The summed E-state index contributed by atoms with van der Waals surface area (Å²) >= 11 is 0. The molecule has 0 fully saturated rings. The summed E-state index contributed by atoms with van der Waals surface area (Å²) in [4.78, 5) is 14.3. The van der Waals surface area contributed by atoms with Crippen molar-refractivity contribution in [3.8, 4) is 11.1 Å². The molecule has 2 aromatic rings. The van der Waals surface area contributed by atoms with Crippen molar-refractivity contribution in [2.45, 2.75) is 13.1 Å². The Kier molecular flexibility index (Phi) is 3.48. The Morgan fingerprint density at radius 2 is 1.80 bits per heavy atom. The number of carboxylic acid groups (broad SMARTS) is 1. The molecule has 1 aromatic heterocycles. The number of aryl methyl sites for hydroxylation is 1. The molecule has 0 aliphatic heterocycles. The molecule has 0 saturated heterocycles. The van der Waals surface area contributed by atoms with E-state index in [2.05, 4.69) is 4.98 Å². The highest BCUT2D eigenvalue weighted by atomic mass is 19.4. The molecule has 1 N–H and O–H groups in total. The fourth-order valence-electron chi connectivity index (χ4n) is 1.82. The van der Waals surface area contributed by atoms with Gasteiger partial charge in [-0.3, -0.25) is 4.98 Å². The van der Waals surface area contributed by atoms with Gasteiger partial charge in [-0.1, -0.05) is 18.2 Å². The predicted octanol–water partition coefficient (Wildman–Crippen LogP) is 3.77. The van der Waals surface area contributed by atoms with E-state index in [0.717, 1.165) is 12.3 Å². The van der Waals surface area contributed by atoms with Gasteiger partial charge in [0.15, 0.2) is 0 Å². The van der Waals surface area contributed by atoms with Crippen LogP contribution in [-0.2, 0) is 6.18 Å². The first-order chi connectivity index (χ1) is 9.29. The van der Waals surface area contributed by atoms with Crippen LogP contribution in [0.3, 0.4) is 0 Å². The van der Waals surface area contributed by atoms with E-state index in [0.29, 0.717) is 16.7 Å². The van der Waals surface area contributed by atoms with Crippen molar-refractivity contribution in [1.29, 1.82) is 0 Å². The number of hydrogen-bond acceptors (Lipinski definition) is 2. The highest BCUT2D eigenvalue weighted by Gasteiger charge is 2.32. The Hall–Kier alpha value is -2.37. The van der Waals surface area contributed by atoms with Crippen molar-refractivity contribution in [3.05, 3.63) is 53.3 Å². The van der Waals surface area contributed by atoms with E-state index in [1.165, 1.54) is 12.1 Å². The molecular formula is C14H10F3NO2. The number of carboxylic acids is 1. The molecule has 0 saturated carbocycles. The zero-order valence-electron chi connectivity index (χ0n) is 10.4. The minimum absolute atomic E-state index is 0.161. The van der Waals surface area contributed by atoms with E-state index < -0.39 is 17.8 Å². The first kappa shape index (κ1) is 14.0. The van der Waals surface area contributed by atoms with E-state index in [4.69, 9.17) is 5.11 Å². The highest BCUT2D eigenvalue weighted by molar-refractivity contribution is 5.90. The standard InChI is InChI=1S/C14H10F3NO2/c1-8-6-9(2-4-11(8)13(19)20)10-3-5-12(18-7-10)14(15,16)17/h2-7H,1H3,(H,19,20). The number of carbonyl (C=O) groups is 1. The number of rotatable bonds is 2. The average molecular weight is 281 g/mol. The van der Waals surface area contributed by atoms with Crippen LogP contribution in [0.1, 0.15) is 21.6 Å².